The van der Waals surface area contributed by atoms with E-state index >= 15 is 0 Å². The predicted molar refractivity (Wildman–Crippen MR) is 57.4 cm³/mol. The highest BCUT2D eigenvalue weighted by atomic mass is 35.7. The van der Waals surface area contributed by atoms with Gasteiger partial charge in [0.15, 0.2) is 0 Å². The standard InChI is InChI=1S/C8H7ClN4O2S/c1-5-7(11-3-2-10-5)8-6(4-12-13-8)16(9,14)15/h2-4H,1H3,(H,12,13). The Balaban J connectivity index is 2.68. The molecule has 0 atom stereocenters. The Morgan fingerprint density at radius 3 is 2.62 bits per heavy atom. The molecule has 0 saturated carbocycles. The largest absolute Gasteiger partial charge is 0.275 e. The van der Waals surface area contributed by atoms with Crippen LogP contribution in [-0.4, -0.2) is 28.6 Å². The normalized spacial score (nSPS) is 11.6. The maximum absolute atomic E-state index is 11.3. The minimum absolute atomic E-state index is 0.0993. The van der Waals surface area contributed by atoms with Gasteiger partial charge in [-0.3, -0.25) is 15.1 Å². The predicted octanol–water partition coefficient (Wildman–Crippen LogP) is 1.10. The van der Waals surface area contributed by atoms with Gasteiger partial charge < -0.3 is 0 Å². The van der Waals surface area contributed by atoms with Gasteiger partial charge in [0.1, 0.15) is 16.3 Å². The molecule has 0 saturated heterocycles. The van der Waals surface area contributed by atoms with Gasteiger partial charge in [-0.1, -0.05) is 0 Å². The molecule has 0 amide bonds. The third-order valence-corrected chi connectivity index (χ3v) is 3.32. The number of aryl methyl sites for hydroxylation is 1. The zero-order chi connectivity index (χ0) is 11.8. The average Bonchev–Trinajstić information content (AvgIpc) is 2.66. The van der Waals surface area contributed by atoms with Crippen molar-refractivity contribution in [3.05, 3.63) is 24.3 Å². The van der Waals surface area contributed by atoms with Crippen LogP contribution >= 0.6 is 10.7 Å². The molecule has 84 valence electrons. The van der Waals surface area contributed by atoms with Crippen molar-refractivity contribution in [1.82, 2.24) is 20.2 Å². The van der Waals surface area contributed by atoms with Crippen LogP contribution in [0.1, 0.15) is 5.69 Å². The highest BCUT2D eigenvalue weighted by molar-refractivity contribution is 8.13. The average molecular weight is 259 g/mol. The molecule has 2 heterocycles. The van der Waals surface area contributed by atoms with Gasteiger partial charge in [-0.25, -0.2) is 8.42 Å². The zero-order valence-electron chi connectivity index (χ0n) is 8.18. The van der Waals surface area contributed by atoms with E-state index in [4.69, 9.17) is 10.7 Å². The lowest BCUT2D eigenvalue weighted by molar-refractivity contribution is 0.610. The van der Waals surface area contributed by atoms with Gasteiger partial charge in [0.2, 0.25) is 0 Å². The fraction of sp³-hybridized carbons (Fsp3) is 0.125. The molecular formula is C8H7ClN4O2S. The highest BCUT2D eigenvalue weighted by Gasteiger charge is 2.21. The lowest BCUT2D eigenvalue weighted by Crippen LogP contribution is -1.96. The van der Waals surface area contributed by atoms with Crippen LogP contribution in [-0.2, 0) is 9.05 Å². The number of aromatic nitrogens is 4. The lowest BCUT2D eigenvalue weighted by Gasteiger charge is -2.01. The SMILES string of the molecule is Cc1nccnc1-c1[nH]ncc1S(=O)(=O)Cl. The Labute approximate surface area is 96.1 Å². The summed E-state index contributed by atoms with van der Waals surface area (Å²) in [5.74, 6) is 0. The number of halogens is 1. The van der Waals surface area contributed by atoms with E-state index in [1.54, 1.807) is 6.92 Å². The van der Waals surface area contributed by atoms with Crippen LogP contribution in [0.5, 0.6) is 0 Å². The molecule has 6 nitrogen and oxygen atoms in total. The number of aromatic amines is 1. The molecule has 0 aliphatic carbocycles. The van der Waals surface area contributed by atoms with Crippen LogP contribution in [0.15, 0.2) is 23.5 Å². The van der Waals surface area contributed by atoms with E-state index in [1.165, 1.54) is 12.4 Å². The van der Waals surface area contributed by atoms with E-state index in [2.05, 4.69) is 20.2 Å². The van der Waals surface area contributed by atoms with Gasteiger partial charge in [-0.2, -0.15) is 5.10 Å². The van der Waals surface area contributed by atoms with Gasteiger partial charge in [0, 0.05) is 23.1 Å². The van der Waals surface area contributed by atoms with E-state index in [0.717, 1.165) is 6.20 Å². The van der Waals surface area contributed by atoms with Crippen molar-refractivity contribution in [2.24, 2.45) is 0 Å². The second-order valence-electron chi connectivity index (χ2n) is 3.04. The van der Waals surface area contributed by atoms with E-state index < -0.39 is 9.05 Å². The summed E-state index contributed by atoms with van der Waals surface area (Å²) in [4.78, 5) is 7.95. The van der Waals surface area contributed by atoms with E-state index in [1.807, 2.05) is 0 Å². The first kappa shape index (κ1) is 11.0. The Morgan fingerprint density at radius 1 is 1.31 bits per heavy atom. The van der Waals surface area contributed by atoms with Crippen molar-refractivity contribution in [1.29, 1.82) is 0 Å². The van der Waals surface area contributed by atoms with Gasteiger partial charge in [0.05, 0.1) is 11.9 Å². The summed E-state index contributed by atoms with van der Waals surface area (Å²) in [7, 11) is 1.43. The molecule has 0 spiro atoms. The van der Waals surface area contributed by atoms with Gasteiger partial charge >= 0.3 is 0 Å². The third-order valence-electron chi connectivity index (χ3n) is 1.99. The van der Waals surface area contributed by atoms with Crippen LogP contribution in [0.3, 0.4) is 0 Å². The number of hydrogen-bond acceptors (Lipinski definition) is 5. The second-order valence-corrected chi connectivity index (χ2v) is 5.57. The number of nitrogens with one attached hydrogen (secondary N) is 1. The molecule has 0 aliphatic rings. The first-order chi connectivity index (χ1) is 7.50. The van der Waals surface area contributed by atoms with Crippen molar-refractivity contribution in [2.75, 3.05) is 0 Å². The van der Waals surface area contributed by atoms with Gasteiger partial charge in [0.25, 0.3) is 9.05 Å². The Bertz CT molecular complexity index is 622. The van der Waals surface area contributed by atoms with Gasteiger partial charge in [-0.05, 0) is 6.92 Å². The minimum Gasteiger partial charge on any atom is -0.275 e. The molecule has 0 bridgehead atoms. The van der Waals surface area contributed by atoms with Crippen LogP contribution in [0.25, 0.3) is 11.4 Å². The molecule has 2 aromatic heterocycles. The van der Waals surface area contributed by atoms with Crippen molar-refractivity contribution < 1.29 is 8.42 Å². The van der Waals surface area contributed by atoms with Crippen LogP contribution in [0, 0.1) is 6.92 Å². The molecular weight excluding hydrogens is 252 g/mol. The zero-order valence-corrected chi connectivity index (χ0v) is 9.75. The smallest absolute Gasteiger partial charge is 0.265 e. The summed E-state index contributed by atoms with van der Waals surface area (Å²) in [6.45, 7) is 1.72. The maximum Gasteiger partial charge on any atom is 0.265 e. The Kier molecular flexibility index (Phi) is 2.64. The molecule has 0 radical (unpaired) electrons. The first-order valence-corrected chi connectivity index (χ1v) is 6.57. The quantitative estimate of drug-likeness (QED) is 0.815. The highest BCUT2D eigenvalue weighted by Crippen LogP contribution is 2.26. The van der Waals surface area contributed by atoms with E-state index in [-0.39, 0.29) is 10.6 Å². The number of nitrogens with zero attached hydrogens (tertiary/aromatic N) is 3. The summed E-state index contributed by atoms with van der Waals surface area (Å²) < 4.78 is 22.5. The maximum atomic E-state index is 11.3. The monoisotopic (exact) mass is 258 g/mol. The molecule has 2 aromatic rings. The molecule has 16 heavy (non-hydrogen) atoms. The molecule has 0 aromatic carbocycles. The van der Waals surface area contributed by atoms with E-state index in [0.29, 0.717) is 11.4 Å². The summed E-state index contributed by atoms with van der Waals surface area (Å²) in [5.41, 5.74) is 1.26. The Morgan fingerprint density at radius 2 is 2.00 bits per heavy atom. The molecule has 1 N–H and O–H groups in total. The molecule has 0 unspecified atom stereocenters. The summed E-state index contributed by atoms with van der Waals surface area (Å²) >= 11 is 0. The molecule has 8 heteroatoms. The van der Waals surface area contributed by atoms with Crippen molar-refractivity contribution in [3.63, 3.8) is 0 Å². The van der Waals surface area contributed by atoms with Crippen molar-refractivity contribution in [3.8, 4) is 11.4 Å². The topological polar surface area (TPSA) is 88.6 Å². The third kappa shape index (κ3) is 1.91. The van der Waals surface area contributed by atoms with Crippen LogP contribution < -0.4 is 0 Å². The Hall–Kier alpha value is -1.47. The fourth-order valence-electron chi connectivity index (χ4n) is 1.28. The lowest BCUT2D eigenvalue weighted by atomic mass is 10.2. The van der Waals surface area contributed by atoms with Crippen LogP contribution in [0.4, 0.5) is 0 Å². The van der Waals surface area contributed by atoms with Crippen molar-refractivity contribution >= 4 is 19.7 Å². The summed E-state index contributed by atoms with van der Waals surface area (Å²) in [5, 5.41) is 6.20. The fourth-order valence-corrected chi connectivity index (χ4v) is 2.20. The minimum atomic E-state index is -3.84. The van der Waals surface area contributed by atoms with Crippen LogP contribution in [0.2, 0.25) is 0 Å². The van der Waals surface area contributed by atoms with Gasteiger partial charge in [-0.15, -0.1) is 0 Å². The second kappa shape index (κ2) is 3.84. The molecule has 0 aliphatic heterocycles. The number of hydrogen-bond donors (Lipinski definition) is 1. The number of rotatable bonds is 2. The van der Waals surface area contributed by atoms with E-state index in [9.17, 15) is 8.42 Å². The summed E-state index contributed by atoms with van der Waals surface area (Å²) in [6, 6.07) is 0. The summed E-state index contributed by atoms with van der Waals surface area (Å²) in [6.07, 6.45) is 4.13. The van der Waals surface area contributed by atoms with Crippen molar-refractivity contribution in [2.45, 2.75) is 11.8 Å². The first-order valence-electron chi connectivity index (χ1n) is 4.26. The molecule has 2 rings (SSSR count). The number of H-pyrrole nitrogens is 1. The molecule has 0 fully saturated rings.